The third-order valence-electron chi connectivity index (χ3n) is 3.49. The van der Waals surface area contributed by atoms with Crippen molar-refractivity contribution in [3.63, 3.8) is 0 Å². The van der Waals surface area contributed by atoms with Gasteiger partial charge in [-0.2, -0.15) is 0 Å². The molecule has 114 valence electrons. The number of benzene rings is 2. The summed E-state index contributed by atoms with van der Waals surface area (Å²) in [7, 11) is 0. The third kappa shape index (κ3) is 4.30. The molecule has 0 heterocycles. The van der Waals surface area contributed by atoms with Gasteiger partial charge in [0.15, 0.2) is 0 Å². The highest BCUT2D eigenvalue weighted by molar-refractivity contribution is 5.86. The number of rotatable bonds is 7. The Morgan fingerprint density at radius 3 is 1.77 bits per heavy atom. The summed E-state index contributed by atoms with van der Waals surface area (Å²) in [5.74, 6) is -0.0747. The molecule has 3 heteroatoms. The molecular weight excluding hydrogens is 272 g/mol. The van der Waals surface area contributed by atoms with Crippen LogP contribution in [0.2, 0.25) is 0 Å². The molecule has 0 aliphatic rings. The van der Waals surface area contributed by atoms with E-state index in [-0.39, 0.29) is 5.91 Å². The molecule has 0 N–H and O–H groups in total. The van der Waals surface area contributed by atoms with Gasteiger partial charge in [-0.3, -0.25) is 9.80 Å². The number of hydrogen-bond donors (Lipinski definition) is 0. The first kappa shape index (κ1) is 16.0. The maximum Gasteiger partial charge on any atom is 0.260 e. The van der Waals surface area contributed by atoms with E-state index in [9.17, 15) is 4.79 Å². The van der Waals surface area contributed by atoms with Crippen molar-refractivity contribution in [2.24, 2.45) is 0 Å². The minimum Gasteiger partial charge on any atom is -0.271 e. The zero-order valence-electron chi connectivity index (χ0n) is 13.0. The van der Waals surface area contributed by atoms with E-state index in [0.717, 1.165) is 0 Å². The molecule has 0 spiro atoms. The van der Waals surface area contributed by atoms with Gasteiger partial charge in [-0.25, -0.2) is 5.01 Å². The van der Waals surface area contributed by atoms with Gasteiger partial charge in [0.25, 0.3) is 5.91 Å². The van der Waals surface area contributed by atoms with E-state index in [1.165, 1.54) is 17.2 Å². The Morgan fingerprint density at radius 1 is 0.955 bits per heavy atom. The molecule has 3 nitrogen and oxygen atoms in total. The van der Waals surface area contributed by atoms with Gasteiger partial charge in [0.2, 0.25) is 0 Å². The maximum atomic E-state index is 12.1. The van der Waals surface area contributed by atoms with Gasteiger partial charge in [0, 0.05) is 19.6 Å². The highest BCUT2D eigenvalue weighted by atomic mass is 16.2. The van der Waals surface area contributed by atoms with Crippen LogP contribution in [-0.4, -0.2) is 22.5 Å². The van der Waals surface area contributed by atoms with Crippen LogP contribution in [0.1, 0.15) is 18.1 Å². The highest BCUT2D eigenvalue weighted by Gasteiger charge is 2.18. The molecule has 0 bridgehead atoms. The van der Waals surface area contributed by atoms with Crippen LogP contribution in [-0.2, 0) is 17.9 Å². The molecule has 2 rings (SSSR count). The van der Waals surface area contributed by atoms with Crippen LogP contribution in [0, 0.1) is 0 Å². The summed E-state index contributed by atoms with van der Waals surface area (Å²) >= 11 is 0. The van der Waals surface area contributed by atoms with Crippen LogP contribution < -0.4 is 0 Å². The summed E-state index contributed by atoms with van der Waals surface area (Å²) < 4.78 is 0. The molecule has 0 aliphatic heterocycles. The van der Waals surface area contributed by atoms with Crippen LogP contribution in [0.5, 0.6) is 0 Å². The molecule has 1 amide bonds. The third-order valence-corrected chi connectivity index (χ3v) is 3.49. The quantitative estimate of drug-likeness (QED) is 0.575. The van der Waals surface area contributed by atoms with Crippen molar-refractivity contribution in [3.05, 3.63) is 84.4 Å². The molecule has 0 aliphatic carbocycles. The van der Waals surface area contributed by atoms with Crippen molar-refractivity contribution in [1.29, 1.82) is 0 Å². The first-order valence-electron chi connectivity index (χ1n) is 7.51. The van der Waals surface area contributed by atoms with Gasteiger partial charge in [0.1, 0.15) is 0 Å². The van der Waals surface area contributed by atoms with E-state index in [1.807, 2.05) is 43.3 Å². The second-order valence-corrected chi connectivity index (χ2v) is 5.05. The smallest absolute Gasteiger partial charge is 0.260 e. The first-order valence-corrected chi connectivity index (χ1v) is 7.51. The Bertz CT molecular complexity index is 554. The fourth-order valence-corrected chi connectivity index (χ4v) is 2.42. The van der Waals surface area contributed by atoms with Crippen LogP contribution >= 0.6 is 0 Å². The van der Waals surface area contributed by atoms with Crippen molar-refractivity contribution in [3.8, 4) is 0 Å². The number of likely N-dealkylation sites (N-methyl/N-ethyl adjacent to an activating group) is 1. The second kappa shape index (κ2) is 8.15. The fourth-order valence-electron chi connectivity index (χ4n) is 2.42. The molecular formula is C19H22N2O. The molecule has 2 aromatic carbocycles. The lowest BCUT2D eigenvalue weighted by molar-refractivity contribution is -0.145. The number of amides is 1. The number of nitrogens with zero attached hydrogens (tertiary/aromatic N) is 2. The standard InChI is InChI=1S/C19H22N2O/c1-3-19(22)21(4-2)20(15-17-11-7-5-8-12-17)16-18-13-9-6-10-14-18/h3,5-14H,1,4,15-16H2,2H3. The Hall–Kier alpha value is -2.39. The number of carbonyl (C=O) groups is 1. The first-order chi connectivity index (χ1) is 10.7. The Morgan fingerprint density at radius 2 is 1.41 bits per heavy atom. The Balaban J connectivity index is 2.22. The highest BCUT2D eigenvalue weighted by Crippen LogP contribution is 2.13. The Labute approximate surface area is 132 Å². The van der Waals surface area contributed by atoms with Crippen LogP contribution in [0.3, 0.4) is 0 Å². The number of hydrogen-bond acceptors (Lipinski definition) is 2. The second-order valence-electron chi connectivity index (χ2n) is 5.05. The van der Waals surface area contributed by atoms with Gasteiger partial charge < -0.3 is 0 Å². The van der Waals surface area contributed by atoms with E-state index in [2.05, 4.69) is 35.9 Å². The minimum absolute atomic E-state index is 0.0747. The molecule has 0 atom stereocenters. The Kier molecular flexibility index (Phi) is 5.92. The molecule has 22 heavy (non-hydrogen) atoms. The van der Waals surface area contributed by atoms with Crippen molar-refractivity contribution >= 4 is 5.91 Å². The summed E-state index contributed by atoms with van der Waals surface area (Å²) in [6.07, 6.45) is 1.37. The molecule has 0 fully saturated rings. The van der Waals surface area contributed by atoms with E-state index >= 15 is 0 Å². The largest absolute Gasteiger partial charge is 0.271 e. The lowest BCUT2D eigenvalue weighted by Gasteiger charge is -2.33. The van der Waals surface area contributed by atoms with Gasteiger partial charge in [-0.05, 0) is 24.1 Å². The lowest BCUT2D eigenvalue weighted by Crippen LogP contribution is -2.44. The molecule has 0 saturated carbocycles. The minimum atomic E-state index is -0.0747. The number of hydrazine groups is 1. The average molecular weight is 294 g/mol. The molecule has 0 saturated heterocycles. The topological polar surface area (TPSA) is 23.6 Å². The SMILES string of the molecule is C=CC(=O)N(CC)N(Cc1ccccc1)Cc1ccccc1. The van der Waals surface area contributed by atoms with Crippen molar-refractivity contribution in [2.75, 3.05) is 6.54 Å². The van der Waals surface area contributed by atoms with Crippen molar-refractivity contribution < 1.29 is 4.79 Å². The normalized spacial score (nSPS) is 10.5. The summed E-state index contributed by atoms with van der Waals surface area (Å²) in [4.78, 5) is 12.1. The zero-order chi connectivity index (χ0) is 15.8. The number of carbonyl (C=O) groups excluding carboxylic acids is 1. The summed E-state index contributed by atoms with van der Waals surface area (Å²) in [6.45, 7) is 7.57. The maximum absolute atomic E-state index is 12.1. The lowest BCUT2D eigenvalue weighted by atomic mass is 10.2. The van der Waals surface area contributed by atoms with E-state index in [1.54, 1.807) is 5.01 Å². The predicted octanol–water partition coefficient (Wildman–Crippen LogP) is 3.64. The molecule has 0 aromatic heterocycles. The molecule has 0 unspecified atom stereocenters. The van der Waals surface area contributed by atoms with Gasteiger partial charge >= 0.3 is 0 Å². The summed E-state index contributed by atoms with van der Waals surface area (Å²) in [5, 5.41) is 3.81. The zero-order valence-corrected chi connectivity index (χ0v) is 13.0. The van der Waals surface area contributed by atoms with Crippen LogP contribution in [0.4, 0.5) is 0 Å². The van der Waals surface area contributed by atoms with Crippen LogP contribution in [0.25, 0.3) is 0 Å². The van der Waals surface area contributed by atoms with Gasteiger partial charge in [0.05, 0.1) is 0 Å². The molecule has 2 aromatic rings. The predicted molar refractivity (Wildman–Crippen MR) is 89.7 cm³/mol. The summed E-state index contributed by atoms with van der Waals surface area (Å²) in [5.41, 5.74) is 2.35. The van der Waals surface area contributed by atoms with Gasteiger partial charge in [-0.15, -0.1) is 0 Å². The van der Waals surface area contributed by atoms with Crippen LogP contribution in [0.15, 0.2) is 73.3 Å². The van der Waals surface area contributed by atoms with E-state index < -0.39 is 0 Å². The monoisotopic (exact) mass is 294 g/mol. The van der Waals surface area contributed by atoms with E-state index in [4.69, 9.17) is 0 Å². The van der Waals surface area contributed by atoms with Crippen molar-refractivity contribution in [1.82, 2.24) is 10.0 Å². The van der Waals surface area contributed by atoms with E-state index in [0.29, 0.717) is 19.6 Å². The van der Waals surface area contributed by atoms with Crippen molar-refractivity contribution in [2.45, 2.75) is 20.0 Å². The fraction of sp³-hybridized carbons (Fsp3) is 0.211. The van der Waals surface area contributed by atoms with Gasteiger partial charge in [-0.1, -0.05) is 67.2 Å². The molecule has 0 radical (unpaired) electrons. The average Bonchev–Trinajstić information content (AvgIpc) is 2.57. The summed E-state index contributed by atoms with van der Waals surface area (Å²) in [6, 6.07) is 20.4.